The van der Waals surface area contributed by atoms with Gasteiger partial charge < -0.3 is 0 Å². The van der Waals surface area contributed by atoms with E-state index in [-0.39, 0.29) is 5.41 Å². The summed E-state index contributed by atoms with van der Waals surface area (Å²) in [6.07, 6.45) is 3.73. The second kappa shape index (κ2) is 5.73. The van der Waals surface area contributed by atoms with Crippen LogP contribution in [0.15, 0.2) is 12.4 Å². The molecule has 0 fully saturated rings. The Morgan fingerprint density at radius 3 is 2.58 bits per heavy atom. The van der Waals surface area contributed by atoms with Gasteiger partial charge in [0.05, 0.1) is 12.7 Å². The first kappa shape index (κ1) is 16.4. The lowest BCUT2D eigenvalue weighted by atomic mass is 9.95. The quantitative estimate of drug-likeness (QED) is 0.695. The number of aromatic nitrogens is 8. The fourth-order valence-electron chi connectivity index (χ4n) is 2.66. The van der Waals surface area contributed by atoms with Crippen LogP contribution in [-0.4, -0.2) is 40.0 Å². The number of tetrazole rings is 1. The average Bonchev–Trinajstić information content (AvgIpc) is 3.28. The van der Waals surface area contributed by atoms with Crippen molar-refractivity contribution in [1.29, 1.82) is 0 Å². The molecular weight excluding hydrogens is 334 g/mol. The van der Waals surface area contributed by atoms with Crippen molar-refractivity contribution >= 4 is 11.5 Å². The van der Waals surface area contributed by atoms with Gasteiger partial charge in [0.2, 0.25) is 0 Å². The van der Waals surface area contributed by atoms with Crippen LogP contribution in [0.25, 0.3) is 11.3 Å². The number of rotatable bonds is 3. The zero-order valence-corrected chi connectivity index (χ0v) is 15.4. The maximum absolute atomic E-state index is 4.81. The monoisotopic (exact) mass is 355 g/mol. The lowest BCUT2D eigenvalue weighted by Crippen LogP contribution is -2.36. The number of nitrogens with one attached hydrogen (secondary N) is 2. The first-order chi connectivity index (χ1) is 12.3. The van der Waals surface area contributed by atoms with Crippen molar-refractivity contribution in [2.75, 3.05) is 10.4 Å². The number of anilines is 2. The summed E-state index contributed by atoms with van der Waals surface area (Å²) in [7, 11) is 3.69. The Bertz CT molecular complexity index is 949. The molecule has 0 radical (unpaired) electrons. The maximum Gasteiger partial charge on any atom is 0.173 e. The number of fused-ring (bicyclic) bond motifs is 1. The van der Waals surface area contributed by atoms with Crippen molar-refractivity contribution in [3.63, 3.8) is 0 Å². The molecule has 11 heteroatoms. The first-order valence-electron chi connectivity index (χ1n) is 8.25. The van der Waals surface area contributed by atoms with Gasteiger partial charge >= 0.3 is 0 Å². The van der Waals surface area contributed by atoms with E-state index in [1.807, 2.05) is 18.3 Å². The average molecular weight is 355 g/mol. The summed E-state index contributed by atoms with van der Waals surface area (Å²) in [4.78, 5) is 9.60. The number of nitrogens with zero attached hydrogens (tertiary/aromatic N) is 9. The van der Waals surface area contributed by atoms with Gasteiger partial charge in [-0.15, -0.1) is 10.6 Å². The SMILES string of the molecule is Cn1cc(-c2nc(C(C)(C)C)nc3c2NNN3Cc2nnnn2C)cn1. The Labute approximate surface area is 150 Å². The molecule has 0 saturated heterocycles. The van der Waals surface area contributed by atoms with E-state index in [0.29, 0.717) is 12.4 Å². The van der Waals surface area contributed by atoms with Crippen LogP contribution in [0.3, 0.4) is 0 Å². The molecular formula is C15H21N11. The zero-order valence-electron chi connectivity index (χ0n) is 15.4. The van der Waals surface area contributed by atoms with Crippen LogP contribution >= 0.6 is 0 Å². The molecule has 0 aliphatic carbocycles. The van der Waals surface area contributed by atoms with E-state index < -0.39 is 0 Å². The van der Waals surface area contributed by atoms with Crippen molar-refractivity contribution < 1.29 is 0 Å². The van der Waals surface area contributed by atoms with Crippen LogP contribution < -0.4 is 16.0 Å². The topological polar surface area (TPSA) is 115 Å². The third-order valence-corrected chi connectivity index (χ3v) is 4.12. The maximum atomic E-state index is 4.81. The highest BCUT2D eigenvalue weighted by Crippen LogP contribution is 2.38. The molecule has 0 spiro atoms. The fraction of sp³-hybridized carbons (Fsp3) is 0.467. The van der Waals surface area contributed by atoms with Crippen LogP contribution in [-0.2, 0) is 26.1 Å². The zero-order chi connectivity index (χ0) is 18.5. The summed E-state index contributed by atoms with van der Waals surface area (Å²) >= 11 is 0. The summed E-state index contributed by atoms with van der Waals surface area (Å²) < 4.78 is 3.39. The van der Waals surface area contributed by atoms with Crippen LogP contribution in [0.1, 0.15) is 32.4 Å². The lowest BCUT2D eigenvalue weighted by molar-refractivity contribution is 0.544. The second-order valence-corrected chi connectivity index (χ2v) is 7.29. The van der Waals surface area contributed by atoms with Crippen LogP contribution in [0, 0.1) is 0 Å². The smallest absolute Gasteiger partial charge is 0.173 e. The Morgan fingerprint density at radius 2 is 1.96 bits per heavy atom. The van der Waals surface area contributed by atoms with Gasteiger partial charge in [0.15, 0.2) is 11.6 Å². The molecule has 0 bridgehead atoms. The predicted molar refractivity (Wildman–Crippen MR) is 94.7 cm³/mol. The minimum atomic E-state index is -0.202. The van der Waals surface area contributed by atoms with Gasteiger partial charge in [-0.25, -0.2) is 14.6 Å². The molecule has 1 aliphatic heterocycles. The normalized spacial score (nSPS) is 13.8. The molecule has 0 saturated carbocycles. The second-order valence-electron chi connectivity index (χ2n) is 7.29. The van der Waals surface area contributed by atoms with E-state index >= 15 is 0 Å². The van der Waals surface area contributed by atoms with Gasteiger partial charge in [-0.2, -0.15) is 5.10 Å². The van der Waals surface area contributed by atoms with Crippen molar-refractivity contribution in [3.8, 4) is 11.3 Å². The Morgan fingerprint density at radius 1 is 1.15 bits per heavy atom. The van der Waals surface area contributed by atoms with Crippen molar-refractivity contribution in [1.82, 2.24) is 45.5 Å². The molecule has 26 heavy (non-hydrogen) atoms. The van der Waals surface area contributed by atoms with Crippen molar-refractivity contribution in [2.24, 2.45) is 14.1 Å². The highest BCUT2D eigenvalue weighted by Gasteiger charge is 2.30. The largest absolute Gasteiger partial charge is 0.298 e. The Hall–Kier alpha value is -3.08. The van der Waals surface area contributed by atoms with E-state index in [4.69, 9.17) is 9.97 Å². The highest BCUT2D eigenvalue weighted by atomic mass is 15.7. The van der Waals surface area contributed by atoms with E-state index in [2.05, 4.69) is 52.4 Å². The summed E-state index contributed by atoms with van der Waals surface area (Å²) in [5.41, 5.74) is 8.63. The molecule has 3 aromatic rings. The van der Waals surface area contributed by atoms with E-state index in [0.717, 1.165) is 28.6 Å². The molecule has 0 unspecified atom stereocenters. The fourth-order valence-corrected chi connectivity index (χ4v) is 2.66. The van der Waals surface area contributed by atoms with E-state index in [1.165, 1.54) is 0 Å². The molecule has 4 heterocycles. The van der Waals surface area contributed by atoms with Crippen LogP contribution in [0.4, 0.5) is 11.5 Å². The molecule has 136 valence electrons. The molecule has 1 aliphatic rings. The minimum Gasteiger partial charge on any atom is -0.298 e. The third kappa shape index (κ3) is 2.75. The highest BCUT2D eigenvalue weighted by molar-refractivity contribution is 5.84. The Kier molecular flexibility index (Phi) is 3.61. The van der Waals surface area contributed by atoms with Crippen LogP contribution in [0.5, 0.6) is 0 Å². The molecule has 11 nitrogen and oxygen atoms in total. The van der Waals surface area contributed by atoms with Gasteiger partial charge in [0.1, 0.15) is 17.2 Å². The van der Waals surface area contributed by atoms with Gasteiger partial charge in [-0.1, -0.05) is 20.8 Å². The number of hydrogen-bond donors (Lipinski definition) is 2. The number of hydrazine groups is 2. The number of aryl methyl sites for hydroxylation is 2. The van der Waals surface area contributed by atoms with Crippen molar-refractivity contribution in [2.45, 2.75) is 32.7 Å². The Balaban J connectivity index is 1.82. The number of hydrogen-bond acceptors (Lipinski definition) is 9. The third-order valence-electron chi connectivity index (χ3n) is 4.12. The van der Waals surface area contributed by atoms with E-state index in [1.54, 1.807) is 22.6 Å². The molecule has 2 N–H and O–H groups in total. The molecule has 0 amide bonds. The van der Waals surface area contributed by atoms with Gasteiger partial charge in [-0.05, 0) is 10.4 Å². The van der Waals surface area contributed by atoms with Gasteiger partial charge in [0.25, 0.3) is 0 Å². The first-order valence-corrected chi connectivity index (χ1v) is 8.25. The lowest BCUT2D eigenvalue weighted by Gasteiger charge is -2.20. The predicted octanol–water partition coefficient (Wildman–Crippen LogP) is 0.550. The molecule has 0 aromatic carbocycles. The van der Waals surface area contributed by atoms with Crippen molar-refractivity contribution in [3.05, 3.63) is 24.0 Å². The summed E-state index contributed by atoms with van der Waals surface area (Å²) in [5.74, 6) is 2.22. The van der Waals surface area contributed by atoms with Gasteiger partial charge in [0, 0.05) is 31.3 Å². The standard InChI is InChI=1S/C15H21N11/c1-15(2,3)14-17-11(9-6-16-24(4)7-9)12-13(18-14)26(22-20-12)8-10-19-21-23-25(10)5/h6-7,20,22H,8H2,1-5H3. The van der Waals surface area contributed by atoms with Gasteiger partial charge in [-0.3, -0.25) is 15.1 Å². The summed E-state index contributed by atoms with van der Waals surface area (Å²) in [6.45, 7) is 6.73. The molecule has 4 rings (SSSR count). The summed E-state index contributed by atoms with van der Waals surface area (Å²) in [6, 6.07) is 0. The summed E-state index contributed by atoms with van der Waals surface area (Å²) in [5, 5.41) is 17.7. The molecule has 3 aromatic heterocycles. The minimum absolute atomic E-state index is 0.202. The van der Waals surface area contributed by atoms with Crippen LogP contribution in [0.2, 0.25) is 0 Å². The molecule has 0 atom stereocenters. The van der Waals surface area contributed by atoms with E-state index in [9.17, 15) is 0 Å².